The fourth-order valence-electron chi connectivity index (χ4n) is 3.11. The highest BCUT2D eigenvalue weighted by atomic mass is 79.9. The Morgan fingerprint density at radius 1 is 1.42 bits per heavy atom. The van der Waals surface area contributed by atoms with Gasteiger partial charge in [0.25, 0.3) is 0 Å². The largest absolute Gasteiger partial charge is 0.342 e. The van der Waals surface area contributed by atoms with E-state index in [1.807, 2.05) is 41.5 Å². The molecule has 1 atom stereocenters. The summed E-state index contributed by atoms with van der Waals surface area (Å²) in [5.41, 5.74) is 1.85. The molecule has 5 nitrogen and oxygen atoms in total. The second kappa shape index (κ2) is 8.77. The van der Waals surface area contributed by atoms with Gasteiger partial charge in [-0.05, 0) is 31.4 Å². The molecule has 3 rings (SSSR count). The molecule has 1 aliphatic heterocycles. The van der Waals surface area contributed by atoms with Gasteiger partial charge in [0, 0.05) is 34.9 Å². The van der Waals surface area contributed by atoms with Crippen molar-refractivity contribution < 1.29 is 9.59 Å². The number of hydrogen-bond acceptors (Lipinski definition) is 4. The van der Waals surface area contributed by atoms with Gasteiger partial charge in [0.05, 0.1) is 11.6 Å². The molecule has 1 N–H and O–H groups in total. The number of likely N-dealkylation sites (tertiary alicyclic amines) is 1. The van der Waals surface area contributed by atoms with Crippen LogP contribution in [-0.2, 0) is 9.59 Å². The second-order valence-electron chi connectivity index (χ2n) is 6.47. The molecule has 2 aromatic rings. The zero-order valence-electron chi connectivity index (χ0n) is 14.7. The molecule has 1 aliphatic rings. The Bertz CT molecular complexity index is 793. The molecule has 1 aromatic heterocycles. The number of piperidine rings is 1. The lowest BCUT2D eigenvalue weighted by Gasteiger charge is -2.31. The summed E-state index contributed by atoms with van der Waals surface area (Å²) in [6.45, 7) is 3.26. The number of nitrogens with one attached hydrogen (secondary N) is 1. The average Bonchev–Trinajstić information content (AvgIpc) is 3.10. The van der Waals surface area contributed by atoms with Gasteiger partial charge in [-0.1, -0.05) is 35.0 Å². The number of amides is 2. The summed E-state index contributed by atoms with van der Waals surface area (Å²) in [6.07, 6.45) is 3.07. The van der Waals surface area contributed by atoms with E-state index in [-0.39, 0.29) is 17.7 Å². The molecule has 1 fully saturated rings. The van der Waals surface area contributed by atoms with Gasteiger partial charge in [-0.3, -0.25) is 9.59 Å². The van der Waals surface area contributed by atoms with Gasteiger partial charge in [0.1, 0.15) is 0 Å². The van der Waals surface area contributed by atoms with Crippen molar-refractivity contribution in [2.24, 2.45) is 5.92 Å². The van der Waals surface area contributed by atoms with Crippen molar-refractivity contribution in [1.82, 2.24) is 9.88 Å². The van der Waals surface area contributed by atoms with Crippen LogP contribution in [0.1, 0.15) is 32.6 Å². The summed E-state index contributed by atoms with van der Waals surface area (Å²) in [5.74, 6) is -0.0619. The van der Waals surface area contributed by atoms with Crippen molar-refractivity contribution in [3.05, 3.63) is 34.1 Å². The summed E-state index contributed by atoms with van der Waals surface area (Å²) in [6, 6.07) is 7.91. The van der Waals surface area contributed by atoms with Gasteiger partial charge in [0.15, 0.2) is 5.13 Å². The van der Waals surface area contributed by atoms with Crippen LogP contribution in [0.4, 0.5) is 5.13 Å². The number of halogens is 1. The lowest BCUT2D eigenvalue weighted by molar-refractivity contribution is -0.134. The topological polar surface area (TPSA) is 62.3 Å². The Balaban J connectivity index is 1.62. The standard InChI is InChI=1S/C19H22BrN3O2S/c1-2-5-17(24)23-9-4-7-14(11-23)18(25)22-19-21-16(12-26-19)13-6-3-8-15(20)10-13/h3,6,8,10,12,14H,2,4-5,7,9,11H2,1H3,(H,21,22,25). The highest BCUT2D eigenvalue weighted by molar-refractivity contribution is 9.10. The van der Waals surface area contributed by atoms with Crippen LogP contribution < -0.4 is 5.32 Å². The summed E-state index contributed by atoms with van der Waals surface area (Å²) in [4.78, 5) is 31.0. The Kier molecular flexibility index (Phi) is 6.43. The smallest absolute Gasteiger partial charge is 0.231 e. The van der Waals surface area contributed by atoms with E-state index in [1.54, 1.807) is 0 Å². The number of rotatable bonds is 5. The Morgan fingerprint density at radius 2 is 2.27 bits per heavy atom. The number of anilines is 1. The highest BCUT2D eigenvalue weighted by Crippen LogP contribution is 2.28. The molecule has 1 aromatic carbocycles. The molecule has 1 saturated heterocycles. The summed E-state index contributed by atoms with van der Waals surface area (Å²) >= 11 is 4.88. The van der Waals surface area contributed by atoms with Crippen molar-refractivity contribution in [3.8, 4) is 11.3 Å². The maximum atomic E-state index is 12.6. The number of carbonyl (C=O) groups is 2. The van der Waals surface area contributed by atoms with Crippen molar-refractivity contribution >= 4 is 44.2 Å². The fraction of sp³-hybridized carbons (Fsp3) is 0.421. The molecule has 0 bridgehead atoms. The van der Waals surface area contributed by atoms with Gasteiger partial charge in [-0.25, -0.2) is 4.98 Å². The summed E-state index contributed by atoms with van der Waals surface area (Å²) in [7, 11) is 0. The van der Waals surface area contributed by atoms with E-state index in [0.717, 1.165) is 41.5 Å². The van der Waals surface area contributed by atoms with Gasteiger partial charge in [0.2, 0.25) is 11.8 Å². The number of benzene rings is 1. The Hall–Kier alpha value is -1.73. The average molecular weight is 436 g/mol. The van der Waals surface area contributed by atoms with Crippen molar-refractivity contribution in [3.63, 3.8) is 0 Å². The first kappa shape index (κ1) is 19.0. The molecule has 2 heterocycles. The Labute approximate surface area is 165 Å². The first-order valence-electron chi connectivity index (χ1n) is 8.87. The van der Waals surface area contributed by atoms with E-state index in [9.17, 15) is 9.59 Å². The quantitative estimate of drug-likeness (QED) is 0.748. The van der Waals surface area contributed by atoms with Crippen molar-refractivity contribution in [2.45, 2.75) is 32.6 Å². The zero-order valence-corrected chi connectivity index (χ0v) is 17.1. The van der Waals surface area contributed by atoms with Crippen LogP contribution in [0, 0.1) is 5.92 Å². The first-order chi connectivity index (χ1) is 12.6. The zero-order chi connectivity index (χ0) is 18.5. The molecule has 138 valence electrons. The van der Waals surface area contributed by atoms with Crippen molar-refractivity contribution in [2.75, 3.05) is 18.4 Å². The third-order valence-electron chi connectivity index (χ3n) is 4.46. The fourth-order valence-corrected chi connectivity index (χ4v) is 4.23. The van der Waals surface area contributed by atoms with Crippen LogP contribution in [0.15, 0.2) is 34.1 Å². The normalized spacial score (nSPS) is 17.2. The lowest BCUT2D eigenvalue weighted by Crippen LogP contribution is -2.43. The number of aromatic nitrogens is 1. The van der Waals surface area contributed by atoms with Gasteiger partial charge in [-0.2, -0.15) is 0 Å². The van der Waals surface area contributed by atoms with Crippen LogP contribution in [0.2, 0.25) is 0 Å². The van der Waals surface area contributed by atoms with Gasteiger partial charge >= 0.3 is 0 Å². The summed E-state index contributed by atoms with van der Waals surface area (Å²) < 4.78 is 0.993. The number of hydrogen-bond donors (Lipinski definition) is 1. The molecule has 0 spiro atoms. The minimum Gasteiger partial charge on any atom is -0.342 e. The van der Waals surface area contributed by atoms with E-state index in [2.05, 4.69) is 26.2 Å². The number of carbonyl (C=O) groups excluding carboxylic acids is 2. The number of thiazole rings is 1. The second-order valence-corrected chi connectivity index (χ2v) is 8.24. The third-order valence-corrected chi connectivity index (χ3v) is 5.71. The molecule has 0 radical (unpaired) electrons. The molecule has 0 aliphatic carbocycles. The molecular formula is C19H22BrN3O2S. The molecule has 7 heteroatoms. The van der Waals surface area contributed by atoms with Crippen LogP contribution in [0.3, 0.4) is 0 Å². The monoisotopic (exact) mass is 435 g/mol. The molecule has 1 unspecified atom stereocenters. The van der Waals surface area contributed by atoms with Crippen LogP contribution in [0.5, 0.6) is 0 Å². The SMILES string of the molecule is CCCC(=O)N1CCCC(C(=O)Nc2nc(-c3cccc(Br)c3)cs2)C1. The molecular weight excluding hydrogens is 414 g/mol. The maximum absolute atomic E-state index is 12.6. The summed E-state index contributed by atoms with van der Waals surface area (Å²) in [5, 5.41) is 5.47. The first-order valence-corrected chi connectivity index (χ1v) is 10.5. The molecule has 26 heavy (non-hydrogen) atoms. The maximum Gasteiger partial charge on any atom is 0.231 e. The molecule has 2 amide bonds. The van der Waals surface area contributed by atoms with E-state index in [4.69, 9.17) is 0 Å². The highest BCUT2D eigenvalue weighted by Gasteiger charge is 2.28. The predicted octanol–water partition coefficient (Wildman–Crippen LogP) is 4.55. The minimum absolute atomic E-state index is 0.0471. The van der Waals surface area contributed by atoms with Crippen molar-refractivity contribution in [1.29, 1.82) is 0 Å². The number of nitrogens with zero attached hydrogens (tertiary/aromatic N) is 2. The van der Waals surface area contributed by atoms with E-state index >= 15 is 0 Å². The predicted molar refractivity (Wildman–Crippen MR) is 108 cm³/mol. The lowest BCUT2D eigenvalue weighted by atomic mass is 9.97. The minimum atomic E-state index is -0.164. The van der Waals surface area contributed by atoms with E-state index in [1.165, 1.54) is 11.3 Å². The Morgan fingerprint density at radius 3 is 3.04 bits per heavy atom. The van der Waals surface area contributed by atoms with Crippen LogP contribution in [0.25, 0.3) is 11.3 Å². The third kappa shape index (κ3) is 4.71. The van der Waals surface area contributed by atoms with Crippen LogP contribution >= 0.6 is 27.3 Å². The van der Waals surface area contributed by atoms with E-state index in [0.29, 0.717) is 18.1 Å². The molecule has 0 saturated carbocycles. The van der Waals surface area contributed by atoms with Gasteiger partial charge in [-0.15, -0.1) is 11.3 Å². The van der Waals surface area contributed by atoms with Crippen LogP contribution in [-0.4, -0.2) is 34.8 Å². The van der Waals surface area contributed by atoms with Gasteiger partial charge < -0.3 is 10.2 Å². The van der Waals surface area contributed by atoms with E-state index < -0.39 is 0 Å².